The molecule has 8 nitrogen and oxygen atoms in total. The molecule has 0 saturated carbocycles. The van der Waals surface area contributed by atoms with Gasteiger partial charge in [-0.1, -0.05) is 61.5 Å². The summed E-state index contributed by atoms with van der Waals surface area (Å²) in [5, 5.41) is 6.95. The van der Waals surface area contributed by atoms with E-state index in [9.17, 15) is 9.59 Å². The molecular formula is C27H33N5O3. The van der Waals surface area contributed by atoms with Crippen molar-refractivity contribution in [3.05, 3.63) is 60.2 Å². The lowest BCUT2D eigenvalue weighted by atomic mass is 10.0. The quantitative estimate of drug-likeness (QED) is 0.535. The van der Waals surface area contributed by atoms with Gasteiger partial charge in [0.2, 0.25) is 17.6 Å². The molecule has 1 atom stereocenters. The van der Waals surface area contributed by atoms with Crippen LogP contribution in [-0.4, -0.2) is 64.0 Å². The van der Waals surface area contributed by atoms with Gasteiger partial charge < -0.3 is 14.7 Å². The van der Waals surface area contributed by atoms with Gasteiger partial charge in [0, 0.05) is 50.8 Å². The van der Waals surface area contributed by atoms with Crippen LogP contribution in [0.2, 0.25) is 0 Å². The lowest BCUT2D eigenvalue weighted by Gasteiger charge is -2.36. The first-order valence-corrected chi connectivity index (χ1v) is 12.2. The summed E-state index contributed by atoms with van der Waals surface area (Å²) >= 11 is 0. The molecule has 1 saturated heterocycles. The summed E-state index contributed by atoms with van der Waals surface area (Å²) in [5.41, 5.74) is 2.99. The summed E-state index contributed by atoms with van der Waals surface area (Å²) < 4.78 is 5.42. The maximum atomic E-state index is 13.0. The Morgan fingerprint density at radius 1 is 0.971 bits per heavy atom. The normalized spacial score (nSPS) is 15.3. The largest absolute Gasteiger partial charge is 0.345 e. The second-order valence-corrected chi connectivity index (χ2v) is 9.47. The van der Waals surface area contributed by atoms with E-state index in [1.54, 1.807) is 0 Å². The Morgan fingerprint density at radius 3 is 2.29 bits per heavy atom. The number of rotatable bonds is 8. The fraction of sp³-hybridized carbons (Fsp3) is 0.407. The van der Waals surface area contributed by atoms with Gasteiger partial charge in [0.15, 0.2) is 0 Å². The van der Waals surface area contributed by atoms with Crippen molar-refractivity contribution < 1.29 is 14.1 Å². The molecule has 1 N–H and O–H groups in total. The molecule has 0 spiro atoms. The molecule has 0 radical (unpaired) electrons. The maximum absolute atomic E-state index is 13.0. The van der Waals surface area contributed by atoms with E-state index in [0.29, 0.717) is 37.1 Å². The van der Waals surface area contributed by atoms with E-state index in [-0.39, 0.29) is 11.8 Å². The Morgan fingerprint density at radius 2 is 1.66 bits per heavy atom. The lowest BCUT2D eigenvalue weighted by molar-refractivity contribution is -0.138. The first kappa shape index (κ1) is 24.6. The smallest absolute Gasteiger partial charge is 0.258 e. The highest BCUT2D eigenvalue weighted by molar-refractivity contribution is 5.87. The van der Waals surface area contributed by atoms with Gasteiger partial charge in [-0.2, -0.15) is 4.98 Å². The van der Waals surface area contributed by atoms with Crippen LogP contribution in [0, 0.1) is 5.92 Å². The predicted octanol–water partition coefficient (Wildman–Crippen LogP) is 3.60. The number of piperazine rings is 1. The summed E-state index contributed by atoms with van der Waals surface area (Å²) in [6.07, 6.45) is 0.651. The third-order valence-electron chi connectivity index (χ3n) is 6.13. The zero-order chi connectivity index (χ0) is 24.8. The van der Waals surface area contributed by atoms with Crippen molar-refractivity contribution in [1.29, 1.82) is 0 Å². The lowest BCUT2D eigenvalue weighted by Crippen LogP contribution is -2.54. The van der Waals surface area contributed by atoms with E-state index in [4.69, 9.17) is 4.52 Å². The number of hydrogen-bond acceptors (Lipinski definition) is 6. The average molecular weight is 476 g/mol. The first-order valence-electron chi connectivity index (χ1n) is 12.2. The van der Waals surface area contributed by atoms with Crippen LogP contribution in [-0.2, 0) is 16.1 Å². The highest BCUT2D eigenvalue weighted by Gasteiger charge is 2.28. The zero-order valence-corrected chi connectivity index (χ0v) is 20.6. The van der Waals surface area contributed by atoms with Gasteiger partial charge in [-0.05, 0) is 30.0 Å². The van der Waals surface area contributed by atoms with Crippen molar-refractivity contribution in [3.63, 3.8) is 0 Å². The van der Waals surface area contributed by atoms with Crippen molar-refractivity contribution in [2.75, 3.05) is 26.2 Å². The minimum Gasteiger partial charge on any atom is -0.345 e. The molecule has 2 aromatic carbocycles. The number of aromatic nitrogens is 2. The van der Waals surface area contributed by atoms with Gasteiger partial charge in [-0.15, -0.1) is 0 Å². The highest BCUT2D eigenvalue weighted by atomic mass is 16.5. The maximum Gasteiger partial charge on any atom is 0.258 e. The number of amides is 2. The molecule has 0 bridgehead atoms. The molecule has 8 heteroatoms. The number of benzene rings is 2. The number of carbonyl (C=O) groups is 2. The van der Waals surface area contributed by atoms with E-state index < -0.39 is 6.04 Å². The number of hydrogen-bond donors (Lipinski definition) is 1. The Bertz CT molecular complexity index is 1120. The van der Waals surface area contributed by atoms with Crippen LogP contribution in [0.5, 0.6) is 0 Å². The molecular weight excluding hydrogens is 442 g/mol. The first-order chi connectivity index (χ1) is 16.9. The van der Waals surface area contributed by atoms with Crippen molar-refractivity contribution in [1.82, 2.24) is 25.3 Å². The van der Waals surface area contributed by atoms with E-state index in [1.165, 1.54) is 12.5 Å². The Kier molecular flexibility index (Phi) is 7.92. The summed E-state index contributed by atoms with van der Waals surface area (Å²) in [6, 6.07) is 17.5. The summed E-state index contributed by atoms with van der Waals surface area (Å²) in [7, 11) is 0. The van der Waals surface area contributed by atoms with Gasteiger partial charge in [0.1, 0.15) is 6.04 Å². The highest BCUT2D eigenvalue weighted by Crippen LogP contribution is 2.23. The molecule has 2 heterocycles. The molecule has 35 heavy (non-hydrogen) atoms. The molecule has 1 aromatic heterocycles. The fourth-order valence-electron chi connectivity index (χ4n) is 4.34. The van der Waals surface area contributed by atoms with E-state index in [1.807, 2.05) is 47.4 Å². The summed E-state index contributed by atoms with van der Waals surface area (Å²) in [6.45, 7) is 9.32. The summed E-state index contributed by atoms with van der Waals surface area (Å²) in [4.78, 5) is 33.3. The van der Waals surface area contributed by atoms with Crippen molar-refractivity contribution in [3.8, 4) is 22.8 Å². The van der Waals surface area contributed by atoms with Crippen LogP contribution in [0.4, 0.5) is 0 Å². The van der Waals surface area contributed by atoms with Crippen LogP contribution >= 0.6 is 0 Å². The monoisotopic (exact) mass is 475 g/mol. The van der Waals surface area contributed by atoms with Crippen LogP contribution in [0.15, 0.2) is 59.1 Å². The number of carbonyl (C=O) groups excluding carboxylic acids is 2. The molecule has 1 fully saturated rings. The Hall–Kier alpha value is -3.52. The summed E-state index contributed by atoms with van der Waals surface area (Å²) in [5.74, 6) is 1.26. The second kappa shape index (κ2) is 11.3. The van der Waals surface area contributed by atoms with E-state index in [0.717, 1.165) is 30.8 Å². The molecule has 0 aliphatic carbocycles. The minimum atomic E-state index is -0.445. The SMILES string of the molecule is CC(=O)NC(CC(C)C)C(=O)N1CCN(Cc2ccc(-c3noc(-c4ccccc4)n3)cc2)CC1. The van der Waals surface area contributed by atoms with Crippen LogP contribution in [0.1, 0.15) is 32.8 Å². The van der Waals surface area contributed by atoms with Crippen molar-refractivity contribution >= 4 is 11.8 Å². The number of nitrogens with one attached hydrogen (secondary N) is 1. The van der Waals surface area contributed by atoms with Gasteiger partial charge >= 0.3 is 0 Å². The number of nitrogens with zero attached hydrogens (tertiary/aromatic N) is 4. The fourth-order valence-corrected chi connectivity index (χ4v) is 4.34. The molecule has 184 valence electrons. The van der Waals surface area contributed by atoms with Gasteiger partial charge in [0.25, 0.3) is 5.89 Å². The second-order valence-electron chi connectivity index (χ2n) is 9.47. The van der Waals surface area contributed by atoms with Gasteiger partial charge in [-0.25, -0.2) is 0 Å². The van der Waals surface area contributed by atoms with Crippen molar-refractivity contribution in [2.45, 2.75) is 39.8 Å². The third-order valence-corrected chi connectivity index (χ3v) is 6.13. The molecule has 1 aliphatic rings. The van der Waals surface area contributed by atoms with Crippen LogP contribution in [0.3, 0.4) is 0 Å². The average Bonchev–Trinajstić information content (AvgIpc) is 3.35. The van der Waals surface area contributed by atoms with E-state index in [2.05, 4.69) is 46.3 Å². The standard InChI is InChI=1S/C27H33N5O3/c1-19(2)17-24(28-20(3)33)27(34)32-15-13-31(14-16-32)18-21-9-11-22(12-10-21)25-29-26(35-30-25)23-7-5-4-6-8-23/h4-12,19,24H,13-18H2,1-3H3,(H,28,33). The van der Waals surface area contributed by atoms with Gasteiger partial charge in [0.05, 0.1) is 0 Å². The molecule has 1 aliphatic heterocycles. The zero-order valence-electron chi connectivity index (χ0n) is 20.6. The Balaban J connectivity index is 1.31. The van der Waals surface area contributed by atoms with Gasteiger partial charge in [-0.3, -0.25) is 14.5 Å². The van der Waals surface area contributed by atoms with Crippen LogP contribution < -0.4 is 5.32 Å². The third kappa shape index (κ3) is 6.54. The van der Waals surface area contributed by atoms with Crippen LogP contribution in [0.25, 0.3) is 22.8 Å². The molecule has 1 unspecified atom stereocenters. The molecule has 4 rings (SSSR count). The van der Waals surface area contributed by atoms with E-state index >= 15 is 0 Å². The predicted molar refractivity (Wildman–Crippen MR) is 134 cm³/mol. The molecule has 3 aromatic rings. The minimum absolute atomic E-state index is 0.0212. The molecule has 2 amide bonds. The Labute approximate surface area is 206 Å². The van der Waals surface area contributed by atoms with Crippen molar-refractivity contribution in [2.24, 2.45) is 5.92 Å². The topological polar surface area (TPSA) is 91.6 Å².